The van der Waals surface area contributed by atoms with Crippen molar-refractivity contribution in [3.8, 4) is 0 Å². The second-order valence-corrected chi connectivity index (χ2v) is 7.98. The second-order valence-electron chi connectivity index (χ2n) is 7.98. The van der Waals surface area contributed by atoms with Gasteiger partial charge in [-0.25, -0.2) is 0 Å². The Hall–Kier alpha value is -2.16. The predicted molar refractivity (Wildman–Crippen MR) is 121 cm³/mol. The first-order chi connectivity index (χ1) is 13.2. The van der Waals surface area contributed by atoms with Gasteiger partial charge in [-0.1, -0.05) is 37.6 Å². The molecule has 0 saturated carbocycles. The minimum atomic E-state index is 0.140. The standard InChI is InChI=1S/C25H37NO2/c1-7-24(22(5)28)18-23-11-13-25(14-12-23)26(6)16-15-19(2)9-8-10-20(3)17-21(4)27/h9,11-14,18,20H,7-8,10,15-17H2,1-6H3/b19-9-,24-18-/t20-/m0/s1. The van der Waals surface area contributed by atoms with Crippen LogP contribution >= 0.6 is 0 Å². The lowest BCUT2D eigenvalue weighted by molar-refractivity contribution is -0.117. The molecule has 0 fully saturated rings. The maximum Gasteiger partial charge on any atom is 0.155 e. The number of rotatable bonds is 12. The Morgan fingerprint density at radius 3 is 2.29 bits per heavy atom. The van der Waals surface area contributed by atoms with E-state index in [0.717, 1.165) is 43.4 Å². The van der Waals surface area contributed by atoms with E-state index in [-0.39, 0.29) is 11.6 Å². The predicted octanol–water partition coefficient (Wildman–Crippen LogP) is 6.24. The van der Waals surface area contributed by atoms with Crippen LogP contribution in [-0.4, -0.2) is 25.2 Å². The van der Waals surface area contributed by atoms with Crippen molar-refractivity contribution < 1.29 is 9.59 Å². The molecule has 3 nitrogen and oxygen atoms in total. The van der Waals surface area contributed by atoms with E-state index in [1.807, 2.05) is 13.0 Å². The van der Waals surface area contributed by atoms with Crippen LogP contribution in [0.25, 0.3) is 6.08 Å². The van der Waals surface area contributed by atoms with Gasteiger partial charge in [0, 0.05) is 25.7 Å². The molecule has 0 N–H and O–H groups in total. The Morgan fingerprint density at radius 1 is 1.11 bits per heavy atom. The zero-order valence-electron chi connectivity index (χ0n) is 18.5. The van der Waals surface area contributed by atoms with Gasteiger partial charge in [-0.05, 0) is 81.7 Å². The summed E-state index contributed by atoms with van der Waals surface area (Å²) in [5, 5.41) is 0. The number of hydrogen-bond donors (Lipinski definition) is 0. The van der Waals surface area contributed by atoms with Gasteiger partial charge in [0.15, 0.2) is 5.78 Å². The fraction of sp³-hybridized carbons (Fsp3) is 0.520. The van der Waals surface area contributed by atoms with Gasteiger partial charge in [-0.3, -0.25) is 4.79 Å². The molecular formula is C25H37NO2. The molecule has 0 aliphatic rings. The summed E-state index contributed by atoms with van der Waals surface area (Å²) < 4.78 is 0. The van der Waals surface area contributed by atoms with Crippen LogP contribution in [0.15, 0.2) is 41.5 Å². The third-order valence-electron chi connectivity index (χ3n) is 5.14. The Bertz CT molecular complexity index is 698. The first-order valence-electron chi connectivity index (χ1n) is 10.4. The number of allylic oxidation sites excluding steroid dienone is 2. The van der Waals surface area contributed by atoms with Crippen molar-refractivity contribution in [3.63, 3.8) is 0 Å². The number of Topliss-reactive ketones (excluding diaryl/α,β-unsaturated/α-hetero) is 2. The number of ketones is 2. The van der Waals surface area contributed by atoms with Crippen LogP contribution in [0.4, 0.5) is 5.69 Å². The second kappa shape index (κ2) is 12.3. The third kappa shape index (κ3) is 9.16. The molecule has 1 rings (SSSR count). The molecule has 154 valence electrons. The van der Waals surface area contributed by atoms with Crippen LogP contribution in [0.3, 0.4) is 0 Å². The molecule has 0 aliphatic heterocycles. The summed E-state index contributed by atoms with van der Waals surface area (Å²) in [5.74, 6) is 0.887. The van der Waals surface area contributed by atoms with Crippen molar-refractivity contribution in [2.45, 2.75) is 66.7 Å². The quantitative estimate of drug-likeness (QED) is 0.317. The van der Waals surface area contributed by atoms with E-state index in [0.29, 0.717) is 12.3 Å². The summed E-state index contributed by atoms with van der Waals surface area (Å²) in [6.07, 6.45) is 8.88. The highest BCUT2D eigenvalue weighted by atomic mass is 16.1. The zero-order valence-corrected chi connectivity index (χ0v) is 18.5. The van der Waals surface area contributed by atoms with Gasteiger partial charge in [0.25, 0.3) is 0 Å². The average molecular weight is 384 g/mol. The average Bonchev–Trinajstić information content (AvgIpc) is 2.63. The fourth-order valence-corrected chi connectivity index (χ4v) is 3.26. The lowest BCUT2D eigenvalue weighted by Crippen LogP contribution is -2.18. The van der Waals surface area contributed by atoms with Crippen molar-refractivity contribution in [2.24, 2.45) is 5.92 Å². The SMILES string of the molecule is CC/C(=C/c1ccc(N(C)CC/C(C)=C\CC[C@H](C)CC(C)=O)cc1)C(C)=O. The monoisotopic (exact) mass is 383 g/mol. The van der Waals surface area contributed by atoms with Gasteiger partial charge < -0.3 is 9.69 Å². The highest BCUT2D eigenvalue weighted by molar-refractivity contribution is 5.97. The van der Waals surface area contributed by atoms with Crippen LogP contribution in [0.1, 0.15) is 72.3 Å². The Morgan fingerprint density at radius 2 is 1.75 bits per heavy atom. The molecule has 1 atom stereocenters. The molecule has 0 aliphatic carbocycles. The number of carbonyl (C=O) groups is 2. The van der Waals surface area contributed by atoms with Gasteiger partial charge in [0.2, 0.25) is 0 Å². The molecule has 0 spiro atoms. The Labute approximate surface area is 171 Å². The van der Waals surface area contributed by atoms with Crippen molar-refractivity contribution in [2.75, 3.05) is 18.5 Å². The lowest BCUT2D eigenvalue weighted by Gasteiger charge is -2.20. The maximum absolute atomic E-state index is 11.6. The van der Waals surface area contributed by atoms with E-state index in [4.69, 9.17) is 0 Å². The van der Waals surface area contributed by atoms with Crippen molar-refractivity contribution in [1.29, 1.82) is 0 Å². The number of nitrogens with zero attached hydrogens (tertiary/aromatic N) is 1. The van der Waals surface area contributed by atoms with Crippen molar-refractivity contribution in [1.82, 2.24) is 0 Å². The van der Waals surface area contributed by atoms with E-state index in [9.17, 15) is 9.59 Å². The fourth-order valence-electron chi connectivity index (χ4n) is 3.26. The smallest absolute Gasteiger partial charge is 0.155 e. The summed E-state index contributed by atoms with van der Waals surface area (Å²) >= 11 is 0. The summed E-state index contributed by atoms with van der Waals surface area (Å²) in [6, 6.07) is 8.37. The number of hydrogen-bond acceptors (Lipinski definition) is 3. The van der Waals surface area contributed by atoms with Gasteiger partial charge in [0.05, 0.1) is 0 Å². The molecule has 1 aromatic rings. The molecule has 0 amide bonds. The molecule has 0 bridgehead atoms. The number of benzene rings is 1. The van der Waals surface area contributed by atoms with Crippen molar-refractivity contribution >= 4 is 23.3 Å². The summed E-state index contributed by atoms with van der Waals surface area (Å²) in [4.78, 5) is 25.0. The summed E-state index contributed by atoms with van der Waals surface area (Å²) in [6.45, 7) is 10.6. The Balaban J connectivity index is 2.52. The maximum atomic E-state index is 11.6. The molecule has 0 unspecified atom stereocenters. The van der Waals surface area contributed by atoms with Crippen LogP contribution in [0, 0.1) is 5.92 Å². The van der Waals surface area contributed by atoms with Gasteiger partial charge in [-0.2, -0.15) is 0 Å². The number of carbonyl (C=O) groups excluding carboxylic acids is 2. The van der Waals surface area contributed by atoms with E-state index >= 15 is 0 Å². The highest BCUT2D eigenvalue weighted by Gasteiger charge is 2.05. The lowest BCUT2D eigenvalue weighted by atomic mass is 9.99. The largest absolute Gasteiger partial charge is 0.374 e. The van der Waals surface area contributed by atoms with Crippen LogP contribution in [0.2, 0.25) is 0 Å². The van der Waals surface area contributed by atoms with Crippen LogP contribution in [0.5, 0.6) is 0 Å². The van der Waals surface area contributed by atoms with E-state index < -0.39 is 0 Å². The van der Waals surface area contributed by atoms with E-state index in [2.05, 4.69) is 56.1 Å². The third-order valence-corrected chi connectivity index (χ3v) is 5.14. The van der Waals surface area contributed by atoms with Crippen molar-refractivity contribution in [3.05, 3.63) is 47.1 Å². The Kier molecular flexibility index (Phi) is 10.5. The molecule has 3 heteroatoms. The normalized spacial score (nSPS) is 13.4. The van der Waals surface area contributed by atoms with Gasteiger partial charge >= 0.3 is 0 Å². The molecule has 28 heavy (non-hydrogen) atoms. The molecule has 0 radical (unpaired) electrons. The highest BCUT2D eigenvalue weighted by Crippen LogP contribution is 2.18. The minimum absolute atomic E-state index is 0.140. The minimum Gasteiger partial charge on any atom is -0.374 e. The summed E-state index contributed by atoms with van der Waals surface area (Å²) in [5.41, 5.74) is 4.51. The zero-order chi connectivity index (χ0) is 21.1. The van der Waals surface area contributed by atoms with Gasteiger partial charge in [0.1, 0.15) is 5.78 Å². The van der Waals surface area contributed by atoms with Crippen LogP contribution < -0.4 is 4.90 Å². The first kappa shape index (κ1) is 23.9. The van der Waals surface area contributed by atoms with Gasteiger partial charge in [-0.15, -0.1) is 0 Å². The number of anilines is 1. The molecule has 0 aromatic heterocycles. The summed E-state index contributed by atoms with van der Waals surface area (Å²) in [7, 11) is 2.11. The molecular weight excluding hydrogens is 346 g/mol. The molecule has 0 saturated heterocycles. The molecule has 1 aromatic carbocycles. The van der Waals surface area contributed by atoms with E-state index in [1.54, 1.807) is 13.8 Å². The van der Waals surface area contributed by atoms with E-state index in [1.165, 1.54) is 11.3 Å². The van der Waals surface area contributed by atoms with Crippen LogP contribution in [-0.2, 0) is 9.59 Å². The first-order valence-corrected chi connectivity index (χ1v) is 10.4. The molecule has 0 heterocycles. The topological polar surface area (TPSA) is 37.4 Å².